The first-order valence-corrected chi connectivity index (χ1v) is 10.3. The number of hydrogen-bond acceptors (Lipinski definition) is 8. The molecule has 0 atom stereocenters. The molecular formula is C18H23ClN4O4S. The van der Waals surface area contributed by atoms with Crippen molar-refractivity contribution in [3.05, 3.63) is 16.2 Å². The Morgan fingerprint density at radius 3 is 2.50 bits per heavy atom. The molecule has 1 fully saturated rings. The summed E-state index contributed by atoms with van der Waals surface area (Å²) in [4.78, 5) is 37.5. The molecule has 0 bridgehead atoms. The summed E-state index contributed by atoms with van der Waals surface area (Å²) in [5.74, 6) is 0.177. The third-order valence-corrected chi connectivity index (χ3v) is 5.15. The van der Waals surface area contributed by atoms with Gasteiger partial charge in [0.25, 0.3) is 0 Å². The first kappa shape index (κ1) is 20.6. The van der Waals surface area contributed by atoms with E-state index in [0.717, 1.165) is 0 Å². The summed E-state index contributed by atoms with van der Waals surface area (Å²) >= 11 is 7.43. The average molecular weight is 427 g/mol. The Bertz CT molecular complexity index is 888. The topological polar surface area (TPSA) is 84.9 Å². The Hall–Kier alpha value is -2.13. The van der Waals surface area contributed by atoms with Gasteiger partial charge in [-0.15, -0.1) is 11.3 Å². The van der Waals surface area contributed by atoms with Crippen LogP contribution in [0.1, 0.15) is 38.1 Å². The van der Waals surface area contributed by atoms with Crippen LogP contribution in [0, 0.1) is 0 Å². The fourth-order valence-electron chi connectivity index (χ4n) is 2.91. The van der Waals surface area contributed by atoms with Crippen LogP contribution in [0.4, 0.5) is 10.6 Å². The van der Waals surface area contributed by atoms with Crippen molar-refractivity contribution >= 4 is 51.0 Å². The maximum absolute atomic E-state index is 12.3. The molecule has 0 unspecified atom stereocenters. The summed E-state index contributed by atoms with van der Waals surface area (Å²) in [6.45, 7) is 9.62. The molecule has 28 heavy (non-hydrogen) atoms. The Labute approximate surface area is 172 Å². The van der Waals surface area contributed by atoms with Crippen molar-refractivity contribution in [2.24, 2.45) is 0 Å². The highest BCUT2D eigenvalue weighted by atomic mass is 35.5. The van der Waals surface area contributed by atoms with Crippen molar-refractivity contribution in [2.75, 3.05) is 37.7 Å². The number of anilines is 1. The summed E-state index contributed by atoms with van der Waals surface area (Å²) in [7, 11) is 0. The molecule has 3 heterocycles. The number of carbonyl (C=O) groups excluding carboxylic acids is 2. The lowest BCUT2D eigenvalue weighted by Gasteiger charge is -2.36. The van der Waals surface area contributed by atoms with E-state index in [1.807, 2.05) is 25.7 Å². The van der Waals surface area contributed by atoms with Gasteiger partial charge in [-0.2, -0.15) is 4.98 Å². The van der Waals surface area contributed by atoms with Crippen LogP contribution in [0.25, 0.3) is 10.2 Å². The minimum atomic E-state index is -0.536. The smallest absolute Gasteiger partial charge is 0.410 e. The van der Waals surface area contributed by atoms with Gasteiger partial charge in [-0.25, -0.2) is 14.6 Å². The summed E-state index contributed by atoms with van der Waals surface area (Å²) < 4.78 is 10.6. The fraction of sp³-hybridized carbons (Fsp3) is 0.556. The number of rotatable bonds is 3. The third-order valence-electron chi connectivity index (χ3n) is 4.11. The van der Waals surface area contributed by atoms with Crippen molar-refractivity contribution in [1.29, 1.82) is 0 Å². The number of amides is 1. The second-order valence-corrected chi connectivity index (χ2v) is 8.52. The minimum absolute atomic E-state index is 0.120. The number of halogens is 1. The third kappa shape index (κ3) is 4.47. The van der Waals surface area contributed by atoms with E-state index in [2.05, 4.69) is 9.97 Å². The van der Waals surface area contributed by atoms with Crippen LogP contribution in [-0.2, 0) is 9.47 Å². The van der Waals surface area contributed by atoms with E-state index in [4.69, 9.17) is 21.1 Å². The van der Waals surface area contributed by atoms with Gasteiger partial charge in [-0.1, -0.05) is 0 Å². The number of piperazine rings is 1. The lowest BCUT2D eigenvalue weighted by molar-refractivity contribution is 0.0240. The van der Waals surface area contributed by atoms with E-state index in [1.54, 1.807) is 17.2 Å². The molecule has 152 valence electrons. The number of esters is 1. The van der Waals surface area contributed by atoms with Gasteiger partial charge in [-0.05, 0) is 39.3 Å². The number of carbonyl (C=O) groups is 2. The first-order chi connectivity index (χ1) is 13.2. The Morgan fingerprint density at radius 1 is 1.21 bits per heavy atom. The van der Waals surface area contributed by atoms with Gasteiger partial charge in [0, 0.05) is 31.6 Å². The average Bonchev–Trinajstić information content (AvgIpc) is 3.03. The Balaban J connectivity index is 1.83. The number of aromatic nitrogens is 2. The van der Waals surface area contributed by atoms with Crippen LogP contribution in [0.5, 0.6) is 0 Å². The highest BCUT2D eigenvalue weighted by molar-refractivity contribution is 7.17. The predicted octanol–water partition coefficient (Wildman–Crippen LogP) is 3.58. The normalized spacial score (nSPS) is 15.0. The molecule has 2 aromatic rings. The Kier molecular flexibility index (Phi) is 5.95. The zero-order valence-corrected chi connectivity index (χ0v) is 17.9. The Morgan fingerprint density at radius 2 is 1.89 bits per heavy atom. The highest BCUT2D eigenvalue weighted by Crippen LogP contribution is 2.34. The summed E-state index contributed by atoms with van der Waals surface area (Å²) in [5.41, 5.74) is -0.103. The summed E-state index contributed by atoms with van der Waals surface area (Å²) in [6, 6.07) is 0. The predicted molar refractivity (Wildman–Crippen MR) is 108 cm³/mol. The molecule has 2 aromatic heterocycles. The summed E-state index contributed by atoms with van der Waals surface area (Å²) in [5, 5.41) is 2.47. The molecular weight excluding hydrogens is 404 g/mol. The van der Waals surface area contributed by atoms with E-state index < -0.39 is 11.6 Å². The quantitative estimate of drug-likeness (QED) is 0.547. The molecule has 0 N–H and O–H groups in total. The molecule has 1 aliphatic rings. The molecule has 1 saturated heterocycles. The maximum atomic E-state index is 12.3. The first-order valence-electron chi connectivity index (χ1n) is 9.04. The molecule has 1 amide bonds. The van der Waals surface area contributed by atoms with Gasteiger partial charge in [0.2, 0.25) is 5.28 Å². The monoisotopic (exact) mass is 426 g/mol. The molecule has 10 heteroatoms. The van der Waals surface area contributed by atoms with E-state index in [9.17, 15) is 9.59 Å². The number of ether oxygens (including phenoxy) is 2. The van der Waals surface area contributed by atoms with Gasteiger partial charge in [0.15, 0.2) is 0 Å². The number of hydrogen-bond donors (Lipinski definition) is 0. The molecule has 0 aromatic carbocycles. The second-order valence-electron chi connectivity index (χ2n) is 7.32. The van der Waals surface area contributed by atoms with Crippen LogP contribution in [-0.4, -0.2) is 65.3 Å². The highest BCUT2D eigenvalue weighted by Gasteiger charge is 2.29. The van der Waals surface area contributed by atoms with Gasteiger partial charge in [0.05, 0.1) is 17.6 Å². The van der Waals surface area contributed by atoms with Crippen LogP contribution < -0.4 is 4.90 Å². The van der Waals surface area contributed by atoms with E-state index in [-0.39, 0.29) is 18.0 Å². The van der Waals surface area contributed by atoms with E-state index >= 15 is 0 Å². The van der Waals surface area contributed by atoms with Crippen molar-refractivity contribution in [2.45, 2.75) is 33.3 Å². The molecule has 0 saturated carbocycles. The second kappa shape index (κ2) is 8.08. The van der Waals surface area contributed by atoms with Crippen LogP contribution in [0.3, 0.4) is 0 Å². The molecule has 3 rings (SSSR count). The SMILES string of the molecule is CCOC(=O)c1csc2nc(Cl)nc(N3CCN(C(=O)OC(C)(C)C)CC3)c12. The van der Waals surface area contributed by atoms with Crippen molar-refractivity contribution in [1.82, 2.24) is 14.9 Å². The lowest BCUT2D eigenvalue weighted by Crippen LogP contribution is -2.50. The van der Waals surface area contributed by atoms with Gasteiger partial charge in [0.1, 0.15) is 16.2 Å². The fourth-order valence-corrected chi connectivity index (χ4v) is 4.03. The van der Waals surface area contributed by atoms with E-state index in [0.29, 0.717) is 47.8 Å². The van der Waals surface area contributed by atoms with Crippen LogP contribution >= 0.6 is 22.9 Å². The van der Waals surface area contributed by atoms with Gasteiger partial charge in [-0.3, -0.25) is 0 Å². The standard InChI is InChI=1S/C18H23ClN4O4S/c1-5-26-15(24)11-10-28-14-12(11)13(20-16(19)21-14)22-6-8-23(9-7-22)17(25)27-18(2,3)4/h10H,5-9H2,1-4H3. The van der Waals surface area contributed by atoms with Crippen molar-refractivity contribution < 1.29 is 19.1 Å². The minimum Gasteiger partial charge on any atom is -0.462 e. The molecule has 0 spiro atoms. The summed E-state index contributed by atoms with van der Waals surface area (Å²) in [6.07, 6.45) is -0.333. The largest absolute Gasteiger partial charge is 0.462 e. The molecule has 8 nitrogen and oxygen atoms in total. The van der Waals surface area contributed by atoms with Crippen LogP contribution in [0.15, 0.2) is 5.38 Å². The van der Waals surface area contributed by atoms with Crippen molar-refractivity contribution in [3.8, 4) is 0 Å². The lowest BCUT2D eigenvalue weighted by atomic mass is 10.2. The number of nitrogens with zero attached hydrogens (tertiary/aromatic N) is 4. The molecule has 1 aliphatic heterocycles. The molecule has 0 radical (unpaired) electrons. The van der Waals surface area contributed by atoms with Gasteiger partial charge < -0.3 is 19.3 Å². The van der Waals surface area contributed by atoms with Crippen molar-refractivity contribution in [3.63, 3.8) is 0 Å². The van der Waals surface area contributed by atoms with Crippen LogP contribution in [0.2, 0.25) is 5.28 Å². The number of thiophene rings is 1. The zero-order valence-electron chi connectivity index (χ0n) is 16.3. The molecule has 0 aliphatic carbocycles. The number of fused-ring (bicyclic) bond motifs is 1. The van der Waals surface area contributed by atoms with E-state index in [1.165, 1.54) is 11.3 Å². The zero-order chi connectivity index (χ0) is 20.5. The van der Waals surface area contributed by atoms with Gasteiger partial charge >= 0.3 is 12.1 Å². The maximum Gasteiger partial charge on any atom is 0.410 e.